The number of aromatic nitrogens is 2. The van der Waals surface area contributed by atoms with E-state index in [4.69, 9.17) is 5.73 Å². The zero-order chi connectivity index (χ0) is 13.1. The van der Waals surface area contributed by atoms with Crippen LogP contribution in [0.5, 0.6) is 0 Å². The fraction of sp³-hybridized carbons (Fsp3) is 0.167. The third-order valence-corrected chi connectivity index (χ3v) is 2.98. The lowest BCUT2D eigenvalue weighted by Gasteiger charge is -2.19. The molecule has 1 aromatic heterocycles. The summed E-state index contributed by atoms with van der Waals surface area (Å²) in [7, 11) is 1.74. The second-order valence-corrected chi connectivity index (χ2v) is 4.61. The molecule has 0 unspecified atom stereocenters. The fourth-order valence-corrected chi connectivity index (χ4v) is 1.89. The lowest BCUT2D eigenvalue weighted by molar-refractivity contribution is 0.627. The third-order valence-electron chi connectivity index (χ3n) is 2.49. The highest BCUT2D eigenvalue weighted by atomic mass is 79.9. The average Bonchev–Trinajstić information content (AvgIpc) is 2.41. The van der Waals surface area contributed by atoms with Crippen molar-refractivity contribution in [1.29, 1.82) is 0 Å². The molecule has 2 aromatic rings. The highest BCUT2D eigenvalue weighted by molar-refractivity contribution is 9.10. The molecule has 1 aromatic carbocycles. The topological polar surface area (TPSA) is 55.0 Å². The largest absolute Gasteiger partial charge is 0.327 e. The van der Waals surface area contributed by atoms with Crippen LogP contribution in [0.25, 0.3) is 0 Å². The normalized spacial score (nSPS) is 10.4. The summed E-state index contributed by atoms with van der Waals surface area (Å²) in [5.74, 6) is 0.811. The van der Waals surface area contributed by atoms with E-state index in [0.29, 0.717) is 17.3 Å². The maximum Gasteiger partial charge on any atom is 0.146 e. The lowest BCUT2D eigenvalue weighted by atomic mass is 10.3. The van der Waals surface area contributed by atoms with E-state index >= 15 is 0 Å². The van der Waals surface area contributed by atoms with Gasteiger partial charge in [-0.2, -0.15) is 0 Å². The molecule has 4 nitrogen and oxygen atoms in total. The lowest BCUT2D eigenvalue weighted by Crippen LogP contribution is -2.15. The second-order valence-electron chi connectivity index (χ2n) is 3.69. The van der Waals surface area contributed by atoms with E-state index in [0.717, 1.165) is 4.47 Å². The van der Waals surface area contributed by atoms with E-state index in [-0.39, 0.29) is 12.4 Å². The van der Waals surface area contributed by atoms with Crippen molar-refractivity contribution in [2.75, 3.05) is 11.9 Å². The van der Waals surface area contributed by atoms with Gasteiger partial charge in [-0.05, 0) is 24.3 Å². The van der Waals surface area contributed by atoms with Gasteiger partial charge >= 0.3 is 0 Å². The molecule has 2 N–H and O–H groups in total. The molecule has 0 radical (unpaired) electrons. The van der Waals surface area contributed by atoms with Crippen LogP contribution in [0.4, 0.5) is 15.9 Å². The summed E-state index contributed by atoms with van der Waals surface area (Å²) in [5, 5.41) is 0. The molecule has 0 bridgehead atoms. The quantitative estimate of drug-likeness (QED) is 0.947. The van der Waals surface area contributed by atoms with Gasteiger partial charge in [0.25, 0.3) is 0 Å². The van der Waals surface area contributed by atoms with Crippen LogP contribution in [0, 0.1) is 5.82 Å². The summed E-state index contributed by atoms with van der Waals surface area (Å²) in [6.07, 6.45) is 1.61. The minimum absolute atomic E-state index is 0.253. The van der Waals surface area contributed by atoms with E-state index in [1.165, 1.54) is 6.07 Å². The Bertz CT molecular complexity index is 562. The fourth-order valence-electron chi connectivity index (χ4n) is 1.54. The maximum absolute atomic E-state index is 13.8. The molecule has 0 spiro atoms. The Morgan fingerprint density at radius 1 is 1.39 bits per heavy atom. The van der Waals surface area contributed by atoms with Crippen molar-refractivity contribution in [1.82, 2.24) is 9.97 Å². The van der Waals surface area contributed by atoms with E-state index < -0.39 is 0 Å². The first-order valence-corrected chi connectivity index (χ1v) is 6.12. The van der Waals surface area contributed by atoms with Gasteiger partial charge in [0.2, 0.25) is 0 Å². The Morgan fingerprint density at radius 3 is 2.89 bits per heavy atom. The smallest absolute Gasteiger partial charge is 0.146 e. The Morgan fingerprint density at radius 2 is 2.17 bits per heavy atom. The molecule has 18 heavy (non-hydrogen) atoms. The number of anilines is 2. The molecule has 2 rings (SSSR count). The Hall–Kier alpha value is -1.53. The molecule has 0 aliphatic rings. The average molecular weight is 311 g/mol. The summed E-state index contributed by atoms with van der Waals surface area (Å²) in [6, 6.07) is 6.46. The minimum Gasteiger partial charge on any atom is -0.327 e. The van der Waals surface area contributed by atoms with E-state index in [2.05, 4.69) is 25.9 Å². The van der Waals surface area contributed by atoms with E-state index in [1.807, 2.05) is 0 Å². The molecule has 94 valence electrons. The van der Waals surface area contributed by atoms with Crippen molar-refractivity contribution in [3.05, 3.63) is 46.6 Å². The number of hydrogen-bond donors (Lipinski definition) is 1. The predicted octanol–water partition coefficient (Wildman–Crippen LogP) is 2.60. The molecule has 0 saturated heterocycles. The van der Waals surface area contributed by atoms with Gasteiger partial charge in [0.15, 0.2) is 0 Å². The molecule has 0 aliphatic heterocycles. The Kier molecular flexibility index (Phi) is 3.88. The molecule has 0 fully saturated rings. The summed E-state index contributed by atoms with van der Waals surface area (Å²) in [6.45, 7) is 0.253. The van der Waals surface area contributed by atoms with Gasteiger partial charge in [-0.15, -0.1) is 0 Å². The van der Waals surface area contributed by atoms with Gasteiger partial charge in [-0.1, -0.05) is 15.9 Å². The summed E-state index contributed by atoms with van der Waals surface area (Å²) < 4.78 is 14.6. The third kappa shape index (κ3) is 2.65. The summed E-state index contributed by atoms with van der Waals surface area (Å²) in [5.41, 5.74) is 5.92. The molecular formula is C12H12BrFN4. The highest BCUT2D eigenvalue weighted by Gasteiger charge is 2.11. The zero-order valence-electron chi connectivity index (χ0n) is 9.77. The van der Waals surface area contributed by atoms with Crippen LogP contribution >= 0.6 is 15.9 Å². The maximum atomic E-state index is 13.8. The van der Waals surface area contributed by atoms with Crippen LogP contribution in [0.1, 0.15) is 5.82 Å². The van der Waals surface area contributed by atoms with Crippen LogP contribution in [-0.4, -0.2) is 17.0 Å². The molecule has 1 heterocycles. The number of nitrogens with two attached hydrogens (primary N) is 1. The first-order chi connectivity index (χ1) is 8.61. The summed E-state index contributed by atoms with van der Waals surface area (Å²) >= 11 is 3.32. The van der Waals surface area contributed by atoms with Crippen LogP contribution in [-0.2, 0) is 6.54 Å². The molecule has 0 aliphatic carbocycles. The van der Waals surface area contributed by atoms with Gasteiger partial charge in [0.1, 0.15) is 17.5 Å². The zero-order valence-corrected chi connectivity index (χ0v) is 11.4. The van der Waals surface area contributed by atoms with Crippen molar-refractivity contribution < 1.29 is 4.39 Å². The first kappa shape index (κ1) is 12.9. The van der Waals surface area contributed by atoms with Crippen LogP contribution in [0.15, 0.2) is 34.9 Å². The highest BCUT2D eigenvalue weighted by Crippen LogP contribution is 2.27. The molecular weight excluding hydrogens is 299 g/mol. The van der Waals surface area contributed by atoms with E-state index in [1.54, 1.807) is 36.3 Å². The van der Waals surface area contributed by atoms with Crippen molar-refractivity contribution in [2.45, 2.75) is 6.54 Å². The minimum atomic E-state index is -0.311. The molecule has 0 atom stereocenters. The molecule has 0 amide bonds. The Labute approximate surface area is 113 Å². The monoisotopic (exact) mass is 310 g/mol. The number of hydrogen-bond acceptors (Lipinski definition) is 4. The summed E-state index contributed by atoms with van der Waals surface area (Å²) in [4.78, 5) is 9.91. The van der Waals surface area contributed by atoms with Crippen molar-refractivity contribution in [3.63, 3.8) is 0 Å². The number of rotatable bonds is 3. The van der Waals surface area contributed by atoms with E-state index in [9.17, 15) is 4.39 Å². The van der Waals surface area contributed by atoms with Crippen molar-refractivity contribution in [2.24, 2.45) is 5.73 Å². The van der Waals surface area contributed by atoms with Gasteiger partial charge in [0, 0.05) is 17.7 Å². The number of nitrogens with zero attached hydrogens (tertiary/aromatic N) is 3. The van der Waals surface area contributed by atoms with Gasteiger partial charge < -0.3 is 10.6 Å². The van der Waals surface area contributed by atoms with Gasteiger partial charge in [-0.25, -0.2) is 14.4 Å². The predicted molar refractivity (Wildman–Crippen MR) is 72.1 cm³/mol. The van der Waals surface area contributed by atoms with Crippen LogP contribution in [0.2, 0.25) is 0 Å². The second kappa shape index (κ2) is 5.41. The molecule has 0 saturated carbocycles. The van der Waals surface area contributed by atoms with Gasteiger partial charge in [-0.3, -0.25) is 0 Å². The van der Waals surface area contributed by atoms with Gasteiger partial charge in [0.05, 0.1) is 12.2 Å². The van der Waals surface area contributed by atoms with Crippen molar-refractivity contribution >= 4 is 27.4 Å². The van der Waals surface area contributed by atoms with Crippen molar-refractivity contribution in [3.8, 4) is 0 Å². The standard InChI is InChI=1S/C12H12BrFN4/c1-18(10-6-8(13)2-3-9(10)14)12-4-5-16-11(7-15)17-12/h2-6H,7,15H2,1H3. The Balaban J connectivity index is 2.40. The first-order valence-electron chi connectivity index (χ1n) is 5.32. The number of halogens is 2. The van der Waals surface area contributed by atoms with Crippen LogP contribution < -0.4 is 10.6 Å². The SMILES string of the molecule is CN(c1ccnc(CN)n1)c1cc(Br)ccc1F. The van der Waals surface area contributed by atoms with Crippen LogP contribution in [0.3, 0.4) is 0 Å². The molecule has 6 heteroatoms. The number of benzene rings is 1.